The van der Waals surface area contributed by atoms with E-state index in [9.17, 15) is 9.18 Å². The third-order valence-electron chi connectivity index (χ3n) is 3.00. The smallest absolute Gasteiger partial charge is 0.261 e. The van der Waals surface area contributed by atoms with Crippen LogP contribution in [0.5, 0.6) is 0 Å². The molecule has 0 aromatic heterocycles. The number of rotatable bonds is 4. The van der Waals surface area contributed by atoms with Crippen LogP contribution in [0.3, 0.4) is 0 Å². The van der Waals surface area contributed by atoms with Gasteiger partial charge in [-0.3, -0.25) is 4.79 Å². The topological polar surface area (TPSA) is 46.3 Å². The minimum absolute atomic E-state index is 0.0813. The highest BCUT2D eigenvalue weighted by molar-refractivity contribution is 6.06. The van der Waals surface area contributed by atoms with Crippen LogP contribution in [0.2, 0.25) is 0 Å². The number of carbonyl (C=O) groups is 1. The van der Waals surface area contributed by atoms with E-state index >= 15 is 0 Å². The number of nitrogens with zero attached hydrogens (tertiary/aromatic N) is 1. The predicted molar refractivity (Wildman–Crippen MR) is 79.2 cm³/mol. The first kappa shape index (κ1) is 14.1. The summed E-state index contributed by atoms with van der Waals surface area (Å²) in [6.07, 6.45) is 0.782. The quantitative estimate of drug-likeness (QED) is 0.866. The summed E-state index contributed by atoms with van der Waals surface area (Å²) in [6.45, 7) is 2.50. The van der Waals surface area contributed by atoms with E-state index in [1.54, 1.807) is 41.3 Å². The molecule has 2 aromatic carbocycles. The zero-order valence-corrected chi connectivity index (χ0v) is 11.3. The number of hydrogen-bond acceptors (Lipinski definition) is 2. The second kappa shape index (κ2) is 6.19. The summed E-state index contributed by atoms with van der Waals surface area (Å²) in [4.78, 5) is 14.1. The van der Waals surface area contributed by atoms with Gasteiger partial charge >= 0.3 is 0 Å². The van der Waals surface area contributed by atoms with Crippen LogP contribution in [0.1, 0.15) is 23.7 Å². The Morgan fingerprint density at radius 2 is 1.80 bits per heavy atom. The Morgan fingerprint density at radius 1 is 1.15 bits per heavy atom. The van der Waals surface area contributed by atoms with Crippen molar-refractivity contribution in [3.63, 3.8) is 0 Å². The molecule has 0 bridgehead atoms. The molecule has 4 heteroatoms. The first-order chi connectivity index (χ1) is 9.63. The summed E-state index contributed by atoms with van der Waals surface area (Å²) in [5.41, 5.74) is 7.08. The number of halogens is 1. The molecular formula is C16H17FN2O. The van der Waals surface area contributed by atoms with Gasteiger partial charge in [0.2, 0.25) is 0 Å². The van der Waals surface area contributed by atoms with Crippen molar-refractivity contribution >= 4 is 17.3 Å². The fourth-order valence-corrected chi connectivity index (χ4v) is 2.01. The molecule has 0 fully saturated rings. The maximum absolute atomic E-state index is 13.8. The van der Waals surface area contributed by atoms with Crippen molar-refractivity contribution in [3.05, 3.63) is 59.9 Å². The van der Waals surface area contributed by atoms with Crippen LogP contribution in [0, 0.1) is 5.82 Å². The molecule has 0 aliphatic rings. The van der Waals surface area contributed by atoms with Crippen LogP contribution in [-0.4, -0.2) is 12.5 Å². The Labute approximate surface area is 117 Å². The number of nitrogen functional groups attached to an aromatic ring is 1. The Hall–Kier alpha value is -2.36. The summed E-state index contributed by atoms with van der Waals surface area (Å²) in [6, 6.07) is 13.0. The van der Waals surface area contributed by atoms with Crippen molar-refractivity contribution in [2.45, 2.75) is 13.3 Å². The van der Waals surface area contributed by atoms with Gasteiger partial charge in [0.05, 0.1) is 5.56 Å². The zero-order chi connectivity index (χ0) is 14.5. The average Bonchev–Trinajstić information content (AvgIpc) is 2.46. The van der Waals surface area contributed by atoms with E-state index in [0.29, 0.717) is 17.9 Å². The summed E-state index contributed by atoms with van der Waals surface area (Å²) in [5.74, 6) is -0.844. The van der Waals surface area contributed by atoms with Crippen LogP contribution >= 0.6 is 0 Å². The molecule has 2 rings (SSSR count). The Bertz CT molecular complexity index is 596. The molecule has 2 aromatic rings. The monoisotopic (exact) mass is 272 g/mol. The van der Waals surface area contributed by atoms with E-state index in [1.807, 2.05) is 6.92 Å². The van der Waals surface area contributed by atoms with Gasteiger partial charge in [-0.2, -0.15) is 0 Å². The van der Waals surface area contributed by atoms with Crippen LogP contribution in [0.25, 0.3) is 0 Å². The fourth-order valence-electron chi connectivity index (χ4n) is 2.01. The highest BCUT2D eigenvalue weighted by Gasteiger charge is 2.19. The minimum Gasteiger partial charge on any atom is -0.399 e. The number of hydrogen-bond donors (Lipinski definition) is 1. The van der Waals surface area contributed by atoms with Gasteiger partial charge in [-0.15, -0.1) is 0 Å². The first-order valence-corrected chi connectivity index (χ1v) is 6.55. The molecule has 0 radical (unpaired) electrons. The van der Waals surface area contributed by atoms with E-state index in [0.717, 1.165) is 6.42 Å². The molecule has 0 aliphatic carbocycles. The first-order valence-electron chi connectivity index (χ1n) is 6.55. The second-order valence-corrected chi connectivity index (χ2v) is 4.53. The molecule has 0 aliphatic heterocycles. The van der Waals surface area contributed by atoms with Crippen molar-refractivity contribution in [2.75, 3.05) is 17.2 Å². The number of nitrogens with two attached hydrogens (primary N) is 1. The Kier molecular flexibility index (Phi) is 4.35. The fraction of sp³-hybridized carbons (Fsp3) is 0.188. The SMILES string of the molecule is CCCN(C(=O)c1ccccc1F)c1ccc(N)cc1. The number of benzene rings is 2. The lowest BCUT2D eigenvalue weighted by molar-refractivity contribution is 0.0983. The van der Waals surface area contributed by atoms with Gasteiger partial charge in [0.1, 0.15) is 5.82 Å². The van der Waals surface area contributed by atoms with Crippen LogP contribution in [0.15, 0.2) is 48.5 Å². The van der Waals surface area contributed by atoms with Crippen molar-refractivity contribution in [3.8, 4) is 0 Å². The van der Waals surface area contributed by atoms with Gasteiger partial charge in [0, 0.05) is 17.9 Å². The standard InChI is InChI=1S/C16H17FN2O/c1-2-11-19(13-9-7-12(18)8-10-13)16(20)14-5-3-4-6-15(14)17/h3-10H,2,11,18H2,1H3. The molecule has 0 saturated carbocycles. The summed E-state index contributed by atoms with van der Waals surface area (Å²) < 4.78 is 13.8. The van der Waals surface area contributed by atoms with E-state index in [4.69, 9.17) is 5.73 Å². The van der Waals surface area contributed by atoms with Gasteiger partial charge in [-0.05, 0) is 42.8 Å². The van der Waals surface area contributed by atoms with Crippen molar-refractivity contribution in [2.24, 2.45) is 0 Å². The van der Waals surface area contributed by atoms with Crippen molar-refractivity contribution in [1.29, 1.82) is 0 Å². The van der Waals surface area contributed by atoms with Crippen LogP contribution in [-0.2, 0) is 0 Å². The minimum atomic E-state index is -0.506. The molecule has 0 unspecified atom stereocenters. The van der Waals surface area contributed by atoms with E-state index in [1.165, 1.54) is 12.1 Å². The zero-order valence-electron chi connectivity index (χ0n) is 11.3. The highest BCUT2D eigenvalue weighted by Crippen LogP contribution is 2.20. The summed E-state index contributed by atoms with van der Waals surface area (Å²) in [5, 5.41) is 0. The van der Waals surface area contributed by atoms with Gasteiger partial charge in [0.15, 0.2) is 0 Å². The second-order valence-electron chi connectivity index (χ2n) is 4.53. The average molecular weight is 272 g/mol. The molecule has 2 N–H and O–H groups in total. The normalized spacial score (nSPS) is 10.3. The van der Waals surface area contributed by atoms with Gasteiger partial charge in [0.25, 0.3) is 5.91 Å². The lowest BCUT2D eigenvalue weighted by atomic mass is 10.1. The highest BCUT2D eigenvalue weighted by atomic mass is 19.1. The molecule has 0 atom stereocenters. The molecule has 0 saturated heterocycles. The third-order valence-corrected chi connectivity index (χ3v) is 3.00. The summed E-state index contributed by atoms with van der Waals surface area (Å²) >= 11 is 0. The molecule has 104 valence electrons. The molecule has 1 amide bonds. The number of carbonyl (C=O) groups excluding carboxylic acids is 1. The lowest BCUT2D eigenvalue weighted by Crippen LogP contribution is -2.32. The lowest BCUT2D eigenvalue weighted by Gasteiger charge is -2.22. The van der Waals surface area contributed by atoms with Crippen LogP contribution < -0.4 is 10.6 Å². The van der Waals surface area contributed by atoms with Crippen LogP contribution in [0.4, 0.5) is 15.8 Å². The molecular weight excluding hydrogens is 255 g/mol. The number of anilines is 2. The van der Waals surface area contributed by atoms with E-state index in [2.05, 4.69) is 0 Å². The van der Waals surface area contributed by atoms with E-state index < -0.39 is 5.82 Å². The van der Waals surface area contributed by atoms with Gasteiger partial charge in [-0.25, -0.2) is 4.39 Å². The maximum atomic E-state index is 13.8. The largest absolute Gasteiger partial charge is 0.399 e. The molecule has 0 heterocycles. The third kappa shape index (κ3) is 2.96. The molecule has 3 nitrogen and oxygen atoms in total. The van der Waals surface area contributed by atoms with Crippen molar-refractivity contribution < 1.29 is 9.18 Å². The summed E-state index contributed by atoms with van der Waals surface area (Å²) in [7, 11) is 0. The molecule has 20 heavy (non-hydrogen) atoms. The van der Waals surface area contributed by atoms with Crippen molar-refractivity contribution in [1.82, 2.24) is 0 Å². The Balaban J connectivity index is 2.36. The maximum Gasteiger partial charge on any atom is 0.261 e. The van der Waals surface area contributed by atoms with Gasteiger partial charge in [-0.1, -0.05) is 19.1 Å². The number of amides is 1. The van der Waals surface area contributed by atoms with E-state index in [-0.39, 0.29) is 11.5 Å². The Morgan fingerprint density at radius 3 is 2.40 bits per heavy atom. The molecule has 0 spiro atoms. The van der Waals surface area contributed by atoms with Gasteiger partial charge < -0.3 is 10.6 Å². The predicted octanol–water partition coefficient (Wildman–Crippen LogP) is 3.46.